The number of hydrogen-bond acceptors (Lipinski definition) is 12. The Hall–Kier alpha value is -16.9. The van der Waals surface area contributed by atoms with Gasteiger partial charge in [-0.25, -0.2) is 29.9 Å². The maximum absolute atomic E-state index is 12.9. The van der Waals surface area contributed by atoms with Crippen molar-refractivity contribution >= 4 is 182 Å². The van der Waals surface area contributed by atoms with E-state index in [9.17, 15) is 28.8 Å². The molecule has 0 fully saturated rings. The lowest BCUT2D eigenvalue weighted by Gasteiger charge is -2.18. The average Bonchev–Trinajstić information content (AvgIpc) is 1.68. The minimum absolute atomic E-state index is 0.0402. The lowest BCUT2D eigenvalue weighted by Crippen LogP contribution is -2.26. The fourth-order valence-electron chi connectivity index (χ4n) is 16.8. The number of carbonyl (C=O) groups excluding carboxylic acids is 6. The molecule has 28 heteroatoms. The van der Waals surface area contributed by atoms with Crippen LogP contribution in [0.4, 0.5) is 34.1 Å². The van der Waals surface area contributed by atoms with E-state index >= 15 is 0 Å². The molecule has 21 aromatic rings. The summed E-state index contributed by atoms with van der Waals surface area (Å²) in [5.41, 5.74) is 27.3. The van der Waals surface area contributed by atoms with Gasteiger partial charge in [0.1, 0.15) is 34.9 Å². The fourth-order valence-corrected chi connectivity index (χ4v) is 17.8. The minimum atomic E-state index is -0.284. The summed E-state index contributed by atoms with van der Waals surface area (Å²) in [7, 11) is 15.4. The van der Waals surface area contributed by atoms with Crippen LogP contribution < -0.4 is 31.1 Å². The van der Waals surface area contributed by atoms with Crippen molar-refractivity contribution in [3.63, 3.8) is 0 Å². The van der Waals surface area contributed by atoms with Crippen LogP contribution in [0.15, 0.2) is 334 Å². The smallest absolute Gasteiger partial charge is 0.259 e. The molecule has 6 amide bonds. The van der Waals surface area contributed by atoms with Gasteiger partial charge in [-0.3, -0.25) is 28.8 Å². The first kappa shape index (κ1) is 103. The zero-order valence-electron chi connectivity index (χ0n) is 83.9. The number of benzene rings is 15. The van der Waals surface area contributed by atoms with E-state index in [4.69, 9.17) is 46.4 Å². The zero-order chi connectivity index (χ0) is 104. The molecule has 24 nitrogen and oxygen atoms in total. The number of halogens is 4. The molecule has 0 bridgehead atoms. The fraction of sp³-hybridized carbons (Fsp3) is 0.143. The van der Waals surface area contributed by atoms with E-state index in [1.54, 1.807) is 60.3 Å². The molecular weight excluding hydrogens is 1920 g/mol. The number of aromatic nitrogens is 12. The zero-order valence-corrected chi connectivity index (χ0v) is 86.9. The Morgan fingerprint density at radius 2 is 0.544 bits per heavy atom. The molecule has 0 spiro atoms. The van der Waals surface area contributed by atoms with Gasteiger partial charge in [0.25, 0.3) is 35.4 Å². The van der Waals surface area contributed by atoms with Crippen LogP contribution in [0.5, 0.6) is 0 Å². The predicted octanol–water partition coefficient (Wildman–Crippen LogP) is 27.4. The number of aryl methyl sites for hydroxylation is 13. The summed E-state index contributed by atoms with van der Waals surface area (Å²) in [4.78, 5) is 106. The van der Waals surface area contributed by atoms with Crippen molar-refractivity contribution in [2.45, 2.75) is 61.3 Å². The Kier molecular flexibility index (Phi) is 32.1. The summed E-state index contributed by atoms with van der Waals surface area (Å²) in [6, 6.07) is 105. The second-order valence-electron chi connectivity index (χ2n) is 35.5. The number of fused-ring (bicyclic) bond motifs is 6. The van der Waals surface area contributed by atoms with Gasteiger partial charge in [0.05, 0.1) is 87.4 Å². The molecule has 4 N–H and O–H groups in total. The lowest BCUT2D eigenvalue weighted by atomic mass is 10.0. The summed E-state index contributed by atoms with van der Waals surface area (Å²) in [6.07, 6.45) is 2.15. The number of hydrogen-bond donors (Lipinski definition) is 4. The highest BCUT2D eigenvalue weighted by Gasteiger charge is 2.23. The van der Waals surface area contributed by atoms with Crippen molar-refractivity contribution in [3.05, 3.63) is 428 Å². The normalized spacial score (nSPS) is 10.9. The average molecular weight is 2030 g/mol. The molecule has 21 rings (SSSR count). The van der Waals surface area contributed by atoms with Crippen molar-refractivity contribution < 1.29 is 28.8 Å². The quantitative estimate of drug-likeness (QED) is 0.0663. The molecule has 6 aromatic heterocycles. The first-order chi connectivity index (χ1) is 70.7. The van der Waals surface area contributed by atoms with E-state index in [0.717, 1.165) is 176 Å². The third-order valence-electron chi connectivity index (χ3n) is 25.8. The minimum Gasteiger partial charge on any atom is -0.331 e. The van der Waals surface area contributed by atoms with E-state index < -0.39 is 0 Å². The van der Waals surface area contributed by atoms with Crippen molar-refractivity contribution in [2.75, 3.05) is 45.2 Å². The number of imidazole rings is 6. The molecule has 738 valence electrons. The number of anilines is 6. The van der Waals surface area contributed by atoms with Crippen LogP contribution in [0.25, 0.3) is 99.6 Å². The van der Waals surface area contributed by atoms with Gasteiger partial charge < -0.3 is 58.5 Å². The van der Waals surface area contributed by atoms with Crippen LogP contribution in [0.3, 0.4) is 0 Å². The second kappa shape index (κ2) is 45.8. The van der Waals surface area contributed by atoms with Gasteiger partial charge in [-0.05, 0) is 281 Å². The molecular formula is C119H108Cl4N18O6. The highest BCUT2D eigenvalue weighted by atomic mass is 35.5. The predicted molar refractivity (Wildman–Crippen MR) is 599 cm³/mol. The summed E-state index contributed by atoms with van der Waals surface area (Å²) in [6.45, 7) is 13.9. The first-order valence-electron chi connectivity index (χ1n) is 47.6. The van der Waals surface area contributed by atoms with Crippen LogP contribution in [0.2, 0.25) is 20.1 Å². The molecule has 0 aliphatic rings. The molecule has 0 aliphatic heterocycles. The largest absolute Gasteiger partial charge is 0.331 e. The van der Waals surface area contributed by atoms with Gasteiger partial charge in [-0.15, -0.1) is 0 Å². The standard InChI is InChI=1S/C23H21N3O.2C22H19N3O.C19H21N3O.C17H15Cl2N3O.C16H13Cl2N3O/c1-16-24-21-15-20(13-14-22(21)25(16)2)26(3)23(27)19-11-9-18(10-12-19)17-7-5-4-6-8-17;1-15-23-20-14-19(12-13-21(20)25(15)2)24-22(26)18-10-8-17(9-11-18)16-6-4-3-5-7-16;1-15-23-20-13-12-19(14-21(20)25(15)2)24-22(26)18-10-8-17(9-11-18)16-6-4-3-5-7-16;1-4-5-14-6-8-15(9-7-14)19(23)21-16-10-11-18-17(12-16)20-13(2)22(18)3;1-10-20-15-9-12(5-7-16(15)21(10)2)22(3)17(23)13-6-4-11(18)8-14(13)19;1-9-19-14-8-11(4-6-15(14)21(9)2)20-16(22)12-5-3-10(17)7-13(12)18/h4-15H,1-3H3;2*3-14H,1-2H3,(H,24,26);6-12H,4-5H2,1-3H3,(H,21,23);4-9H,1-3H3;3-8H,1-2H3,(H,20,22). The van der Waals surface area contributed by atoms with Gasteiger partial charge >= 0.3 is 0 Å². The second-order valence-corrected chi connectivity index (χ2v) is 37.2. The highest BCUT2D eigenvalue weighted by Crippen LogP contribution is 2.34. The molecule has 0 saturated carbocycles. The van der Waals surface area contributed by atoms with Crippen LogP contribution >= 0.6 is 46.4 Å². The first-order valence-corrected chi connectivity index (χ1v) is 49.1. The van der Waals surface area contributed by atoms with Crippen molar-refractivity contribution in [3.8, 4) is 33.4 Å². The number of carbonyl (C=O) groups is 6. The summed E-state index contributed by atoms with van der Waals surface area (Å²) < 4.78 is 12.1. The van der Waals surface area contributed by atoms with E-state index in [-0.39, 0.29) is 35.4 Å². The van der Waals surface area contributed by atoms with Gasteiger partial charge in [0.15, 0.2) is 0 Å². The van der Waals surface area contributed by atoms with Crippen LogP contribution in [-0.4, -0.2) is 107 Å². The molecule has 15 aromatic carbocycles. The number of nitrogens with zero attached hydrogens (tertiary/aromatic N) is 14. The van der Waals surface area contributed by atoms with E-state index in [2.05, 4.69) is 94.5 Å². The van der Waals surface area contributed by atoms with Crippen LogP contribution in [0, 0.1) is 41.5 Å². The molecule has 147 heavy (non-hydrogen) atoms. The Morgan fingerprint density at radius 1 is 0.265 bits per heavy atom. The van der Waals surface area contributed by atoms with E-state index in [0.29, 0.717) is 59.2 Å². The molecule has 6 heterocycles. The Balaban J connectivity index is 0.000000126. The topological polar surface area (TPSA) is 264 Å². The monoisotopic (exact) mass is 2020 g/mol. The Bertz CT molecular complexity index is 8470. The van der Waals surface area contributed by atoms with E-state index in [1.807, 2.05) is 372 Å². The highest BCUT2D eigenvalue weighted by molar-refractivity contribution is 6.38. The molecule has 0 radical (unpaired) electrons. The molecule has 0 atom stereocenters. The Morgan fingerprint density at radius 3 is 0.891 bits per heavy atom. The summed E-state index contributed by atoms with van der Waals surface area (Å²) in [5, 5.41) is 13.3. The maximum Gasteiger partial charge on any atom is 0.259 e. The number of rotatable bonds is 17. The SMILES string of the molecule is CCCc1ccc(C(=O)Nc2ccc3c(c2)nc(C)n3C)cc1.Cc1nc2cc(N(C)C(=O)c3ccc(-c4ccccc4)cc3)ccc2n1C.Cc1nc2cc(N(C)C(=O)c3ccc(Cl)cc3Cl)ccc2n1C.Cc1nc2cc(NC(=O)c3ccc(-c4ccccc4)cc3)ccc2n1C.Cc1nc2cc(NC(=O)c3ccc(Cl)cc3Cl)ccc2n1C.Cc1nc2ccc(NC(=O)c3ccc(-c4ccccc4)cc3)cc2n1C. The summed E-state index contributed by atoms with van der Waals surface area (Å²) in [5.74, 6) is 4.77. The third kappa shape index (κ3) is 24.1. The van der Waals surface area contributed by atoms with E-state index in [1.165, 1.54) is 5.56 Å². The van der Waals surface area contributed by atoms with Crippen LogP contribution in [-0.2, 0) is 48.7 Å². The van der Waals surface area contributed by atoms with Crippen molar-refractivity contribution in [2.24, 2.45) is 42.3 Å². The van der Waals surface area contributed by atoms with Gasteiger partial charge in [0.2, 0.25) is 0 Å². The van der Waals surface area contributed by atoms with Crippen LogP contribution in [0.1, 0.15) is 116 Å². The number of nitrogens with one attached hydrogen (secondary N) is 4. The lowest BCUT2D eigenvalue weighted by molar-refractivity contribution is 0.0985. The number of amides is 6. The summed E-state index contributed by atoms with van der Waals surface area (Å²) >= 11 is 23.9. The van der Waals surface area contributed by atoms with Gasteiger partial charge in [0, 0.05) is 123 Å². The van der Waals surface area contributed by atoms with Crippen molar-refractivity contribution in [1.82, 2.24) is 57.3 Å². The molecule has 0 aliphatic carbocycles. The van der Waals surface area contributed by atoms with Gasteiger partial charge in [-0.1, -0.05) is 199 Å². The molecule has 0 saturated heterocycles. The molecule has 0 unspecified atom stereocenters. The Labute approximate surface area is 871 Å². The third-order valence-corrected chi connectivity index (χ3v) is 26.9. The van der Waals surface area contributed by atoms with Gasteiger partial charge in [-0.2, -0.15) is 0 Å². The maximum atomic E-state index is 12.9. The van der Waals surface area contributed by atoms with Crippen molar-refractivity contribution in [1.29, 1.82) is 0 Å².